The molecular formula is C19H21NO6S. The van der Waals surface area contributed by atoms with Crippen LogP contribution in [0.15, 0.2) is 48.5 Å². The monoisotopic (exact) mass is 391 g/mol. The van der Waals surface area contributed by atoms with Crippen molar-refractivity contribution in [3.05, 3.63) is 54.1 Å². The van der Waals surface area contributed by atoms with Crippen molar-refractivity contribution in [2.75, 3.05) is 10.8 Å². The van der Waals surface area contributed by atoms with E-state index in [9.17, 15) is 18.3 Å². The lowest BCUT2D eigenvalue weighted by Crippen LogP contribution is -2.45. The molecule has 144 valence electrons. The van der Waals surface area contributed by atoms with Crippen LogP contribution in [0.5, 0.6) is 11.5 Å². The minimum Gasteiger partial charge on any atom is -0.508 e. The summed E-state index contributed by atoms with van der Waals surface area (Å²) >= 11 is 0. The zero-order valence-electron chi connectivity index (χ0n) is 14.6. The van der Waals surface area contributed by atoms with Crippen molar-refractivity contribution in [2.24, 2.45) is 0 Å². The van der Waals surface area contributed by atoms with Gasteiger partial charge in [-0.3, -0.25) is 9.35 Å². The predicted octanol–water partition coefficient (Wildman–Crippen LogP) is 2.74. The highest BCUT2D eigenvalue weighted by Crippen LogP contribution is 2.29. The van der Waals surface area contributed by atoms with Gasteiger partial charge in [0, 0.05) is 18.2 Å². The van der Waals surface area contributed by atoms with Crippen molar-refractivity contribution in [3.8, 4) is 11.5 Å². The van der Waals surface area contributed by atoms with Crippen LogP contribution in [-0.2, 0) is 21.3 Å². The molecule has 1 aliphatic rings. The second kappa shape index (κ2) is 7.98. The number of anilines is 1. The number of rotatable bonds is 6. The van der Waals surface area contributed by atoms with E-state index >= 15 is 0 Å². The van der Waals surface area contributed by atoms with Crippen LogP contribution in [0.1, 0.15) is 24.8 Å². The van der Waals surface area contributed by atoms with E-state index in [0.29, 0.717) is 18.6 Å². The molecule has 7 nitrogen and oxygen atoms in total. The van der Waals surface area contributed by atoms with Crippen LogP contribution >= 0.6 is 0 Å². The molecule has 2 aromatic rings. The van der Waals surface area contributed by atoms with Gasteiger partial charge >= 0.3 is 10.1 Å². The SMILES string of the molecule is O=C1CCCC(Cc2cccc(OCS(=O)(=O)O)c2)N1c1ccc(O)cc1. The number of amides is 1. The van der Waals surface area contributed by atoms with Crippen LogP contribution in [0, 0.1) is 0 Å². The first-order valence-electron chi connectivity index (χ1n) is 8.60. The number of ether oxygens (including phenoxy) is 1. The lowest BCUT2D eigenvalue weighted by molar-refractivity contribution is -0.120. The molecule has 1 unspecified atom stereocenters. The number of piperidine rings is 1. The zero-order chi connectivity index (χ0) is 19.4. The van der Waals surface area contributed by atoms with E-state index in [2.05, 4.69) is 0 Å². The van der Waals surface area contributed by atoms with Gasteiger partial charge in [0.15, 0.2) is 0 Å². The fraction of sp³-hybridized carbons (Fsp3) is 0.316. The van der Waals surface area contributed by atoms with Gasteiger partial charge in [0.1, 0.15) is 11.5 Å². The molecule has 0 saturated carbocycles. The van der Waals surface area contributed by atoms with Gasteiger partial charge in [0.2, 0.25) is 11.8 Å². The number of hydrogen-bond acceptors (Lipinski definition) is 5. The fourth-order valence-corrected chi connectivity index (χ4v) is 3.57. The number of benzene rings is 2. The average molecular weight is 391 g/mol. The highest BCUT2D eigenvalue weighted by atomic mass is 32.2. The highest BCUT2D eigenvalue weighted by molar-refractivity contribution is 7.85. The van der Waals surface area contributed by atoms with E-state index in [1.165, 1.54) is 0 Å². The van der Waals surface area contributed by atoms with Crippen molar-refractivity contribution in [3.63, 3.8) is 0 Å². The minimum absolute atomic E-state index is 0.0377. The lowest BCUT2D eigenvalue weighted by atomic mass is 9.94. The van der Waals surface area contributed by atoms with Crippen LogP contribution in [0.3, 0.4) is 0 Å². The molecule has 3 rings (SSSR count). The molecule has 1 heterocycles. The molecule has 8 heteroatoms. The average Bonchev–Trinajstić information content (AvgIpc) is 2.61. The Morgan fingerprint density at radius 1 is 1.15 bits per heavy atom. The number of carbonyl (C=O) groups is 1. The Morgan fingerprint density at radius 3 is 2.59 bits per heavy atom. The third-order valence-electron chi connectivity index (χ3n) is 4.43. The largest absolute Gasteiger partial charge is 0.508 e. The Balaban J connectivity index is 1.78. The molecule has 27 heavy (non-hydrogen) atoms. The molecule has 0 radical (unpaired) electrons. The van der Waals surface area contributed by atoms with Gasteiger partial charge in [0.05, 0.1) is 0 Å². The first kappa shape index (κ1) is 19.2. The summed E-state index contributed by atoms with van der Waals surface area (Å²) in [5.41, 5.74) is 1.63. The van der Waals surface area contributed by atoms with Gasteiger partial charge in [-0.1, -0.05) is 12.1 Å². The number of phenolic OH excluding ortho intramolecular Hbond substituents is 1. The summed E-state index contributed by atoms with van der Waals surface area (Å²) in [5.74, 6) is -0.291. The molecule has 0 aromatic heterocycles. The zero-order valence-corrected chi connectivity index (χ0v) is 15.4. The van der Waals surface area contributed by atoms with Gasteiger partial charge in [-0.05, 0) is 61.2 Å². The Labute approximate surface area is 157 Å². The van der Waals surface area contributed by atoms with Crippen LogP contribution in [0.2, 0.25) is 0 Å². The maximum absolute atomic E-state index is 12.5. The maximum Gasteiger partial charge on any atom is 0.300 e. The molecule has 0 bridgehead atoms. The summed E-state index contributed by atoms with van der Waals surface area (Å²) in [6.07, 6.45) is 2.70. The predicted molar refractivity (Wildman–Crippen MR) is 100 cm³/mol. The summed E-state index contributed by atoms with van der Waals surface area (Å²) in [7, 11) is -4.21. The molecule has 1 amide bonds. The standard InChI is InChI=1S/C19H21NO6S/c21-17-9-7-15(8-10-17)20-16(4-2-6-19(20)22)11-14-3-1-5-18(12-14)26-13-27(23,24)25/h1,3,5,7-10,12,16,21H,2,4,6,11,13H2,(H,23,24,25). The lowest BCUT2D eigenvalue weighted by Gasteiger charge is -2.36. The summed E-state index contributed by atoms with van der Waals surface area (Å²) in [6.45, 7) is 0. The Bertz CT molecular complexity index is 910. The smallest absolute Gasteiger partial charge is 0.300 e. The van der Waals surface area contributed by atoms with Gasteiger partial charge in [0.25, 0.3) is 0 Å². The quantitative estimate of drug-likeness (QED) is 0.734. The van der Waals surface area contributed by atoms with Crippen LogP contribution in [-0.4, -0.2) is 36.0 Å². The van der Waals surface area contributed by atoms with E-state index in [1.807, 2.05) is 6.07 Å². The normalized spacial score (nSPS) is 17.7. The Kier molecular flexibility index (Phi) is 5.67. The molecular weight excluding hydrogens is 370 g/mol. The Morgan fingerprint density at radius 2 is 1.89 bits per heavy atom. The molecule has 0 spiro atoms. The molecule has 1 atom stereocenters. The fourth-order valence-electron chi connectivity index (χ4n) is 3.28. The van der Waals surface area contributed by atoms with Crippen LogP contribution in [0.4, 0.5) is 5.69 Å². The van der Waals surface area contributed by atoms with E-state index in [1.54, 1.807) is 47.4 Å². The van der Waals surface area contributed by atoms with E-state index in [4.69, 9.17) is 9.29 Å². The molecule has 1 aliphatic heterocycles. The van der Waals surface area contributed by atoms with Gasteiger partial charge in [-0.15, -0.1) is 0 Å². The summed E-state index contributed by atoms with van der Waals surface area (Å²) in [5, 5.41) is 9.48. The molecule has 1 saturated heterocycles. The Hall–Kier alpha value is -2.58. The number of phenols is 1. The van der Waals surface area contributed by atoms with Gasteiger partial charge < -0.3 is 14.7 Å². The van der Waals surface area contributed by atoms with Crippen molar-refractivity contribution < 1.29 is 27.6 Å². The number of hydrogen-bond donors (Lipinski definition) is 2. The first-order valence-corrected chi connectivity index (χ1v) is 10.2. The molecule has 2 N–H and O–H groups in total. The van der Waals surface area contributed by atoms with Crippen molar-refractivity contribution >= 4 is 21.7 Å². The van der Waals surface area contributed by atoms with Crippen molar-refractivity contribution in [2.45, 2.75) is 31.7 Å². The van der Waals surface area contributed by atoms with Crippen molar-refractivity contribution in [1.29, 1.82) is 0 Å². The van der Waals surface area contributed by atoms with E-state index in [-0.39, 0.29) is 17.7 Å². The third-order valence-corrected chi connectivity index (χ3v) is 4.85. The van der Waals surface area contributed by atoms with Crippen LogP contribution < -0.4 is 9.64 Å². The van der Waals surface area contributed by atoms with E-state index < -0.39 is 16.1 Å². The van der Waals surface area contributed by atoms with Gasteiger partial charge in [-0.25, -0.2) is 0 Å². The molecule has 0 aliphatic carbocycles. The van der Waals surface area contributed by atoms with Gasteiger partial charge in [-0.2, -0.15) is 8.42 Å². The number of carbonyl (C=O) groups excluding carboxylic acids is 1. The maximum atomic E-state index is 12.5. The second-order valence-electron chi connectivity index (χ2n) is 6.52. The molecule has 1 fully saturated rings. The van der Waals surface area contributed by atoms with E-state index in [0.717, 1.165) is 24.1 Å². The molecule has 2 aromatic carbocycles. The van der Waals surface area contributed by atoms with Crippen molar-refractivity contribution in [1.82, 2.24) is 0 Å². The summed E-state index contributed by atoms with van der Waals surface area (Å²) in [4.78, 5) is 14.3. The summed E-state index contributed by atoms with van der Waals surface area (Å²) in [6, 6.07) is 13.4. The third kappa shape index (κ3) is 5.21. The minimum atomic E-state index is -4.21. The first-order chi connectivity index (χ1) is 12.8. The topological polar surface area (TPSA) is 104 Å². The second-order valence-corrected chi connectivity index (χ2v) is 7.92. The number of aromatic hydroxyl groups is 1. The highest BCUT2D eigenvalue weighted by Gasteiger charge is 2.29. The number of nitrogens with zero attached hydrogens (tertiary/aromatic N) is 1. The summed E-state index contributed by atoms with van der Waals surface area (Å²) < 4.78 is 35.6. The van der Waals surface area contributed by atoms with Crippen LogP contribution in [0.25, 0.3) is 0 Å².